The molecule has 1 atom stereocenters. The second-order valence-electron chi connectivity index (χ2n) is 5.95. The molecule has 0 bridgehead atoms. The number of anilines is 1. The minimum absolute atomic E-state index is 0.00952. The molecule has 0 unspecified atom stereocenters. The van der Waals surface area contributed by atoms with Crippen LogP contribution in [0, 0.1) is 0 Å². The van der Waals surface area contributed by atoms with Crippen LogP contribution >= 0.6 is 23.2 Å². The smallest absolute Gasteiger partial charge is 0.228 e. The molecule has 0 radical (unpaired) electrons. The molecule has 3 rings (SSSR count). The SMILES string of the molecule is O=CC[C@]1(c2ccc(Cl)c(Cl)c2)CCC(=O)N(c2ccccn2)C1. The lowest BCUT2D eigenvalue weighted by Gasteiger charge is -2.41. The van der Waals surface area contributed by atoms with Crippen molar-refractivity contribution in [2.45, 2.75) is 24.7 Å². The van der Waals surface area contributed by atoms with Crippen molar-refractivity contribution in [3.63, 3.8) is 0 Å². The van der Waals surface area contributed by atoms with Gasteiger partial charge in [-0.3, -0.25) is 9.69 Å². The molecule has 1 aliphatic rings. The second kappa shape index (κ2) is 6.91. The van der Waals surface area contributed by atoms with Gasteiger partial charge in [0.2, 0.25) is 5.91 Å². The van der Waals surface area contributed by atoms with Crippen molar-refractivity contribution in [3.05, 3.63) is 58.2 Å². The molecule has 1 amide bonds. The monoisotopic (exact) mass is 362 g/mol. The molecule has 124 valence electrons. The number of amides is 1. The van der Waals surface area contributed by atoms with Crippen LogP contribution < -0.4 is 4.90 Å². The van der Waals surface area contributed by atoms with E-state index in [1.165, 1.54) is 0 Å². The molecule has 1 fully saturated rings. The first-order valence-electron chi connectivity index (χ1n) is 7.66. The number of rotatable bonds is 4. The van der Waals surface area contributed by atoms with Crippen molar-refractivity contribution in [3.8, 4) is 0 Å². The number of hydrogen-bond acceptors (Lipinski definition) is 3. The van der Waals surface area contributed by atoms with E-state index in [9.17, 15) is 9.59 Å². The Bertz CT molecular complexity index is 767. The Balaban J connectivity index is 2.02. The van der Waals surface area contributed by atoms with Gasteiger partial charge < -0.3 is 4.79 Å². The number of benzene rings is 1. The van der Waals surface area contributed by atoms with Crippen molar-refractivity contribution in [2.75, 3.05) is 11.4 Å². The minimum Gasteiger partial charge on any atom is -0.303 e. The summed E-state index contributed by atoms with van der Waals surface area (Å²) in [6.07, 6.45) is 3.80. The van der Waals surface area contributed by atoms with E-state index in [2.05, 4.69) is 4.98 Å². The van der Waals surface area contributed by atoms with Crippen LogP contribution in [0.25, 0.3) is 0 Å². The summed E-state index contributed by atoms with van der Waals surface area (Å²) in [5, 5.41) is 0.913. The van der Waals surface area contributed by atoms with Gasteiger partial charge in [0.05, 0.1) is 10.0 Å². The molecule has 2 aromatic rings. The molecule has 1 saturated heterocycles. The summed E-state index contributed by atoms with van der Waals surface area (Å²) in [4.78, 5) is 29.7. The summed E-state index contributed by atoms with van der Waals surface area (Å²) in [6, 6.07) is 10.8. The highest BCUT2D eigenvalue weighted by molar-refractivity contribution is 6.42. The van der Waals surface area contributed by atoms with Gasteiger partial charge in [-0.25, -0.2) is 4.98 Å². The lowest BCUT2D eigenvalue weighted by atomic mass is 9.72. The number of carbonyl (C=O) groups excluding carboxylic acids is 2. The zero-order valence-corrected chi connectivity index (χ0v) is 14.4. The van der Waals surface area contributed by atoms with Crippen LogP contribution in [0.2, 0.25) is 10.0 Å². The fourth-order valence-electron chi connectivity index (χ4n) is 3.18. The van der Waals surface area contributed by atoms with Crippen molar-refractivity contribution in [1.82, 2.24) is 4.98 Å². The largest absolute Gasteiger partial charge is 0.303 e. The van der Waals surface area contributed by atoms with Crippen LogP contribution in [0.5, 0.6) is 0 Å². The van der Waals surface area contributed by atoms with E-state index in [1.807, 2.05) is 12.1 Å². The molecule has 1 aliphatic heterocycles. The molecule has 1 aromatic carbocycles. The fraction of sp³-hybridized carbons (Fsp3) is 0.278. The summed E-state index contributed by atoms with van der Waals surface area (Å²) in [6.45, 7) is 0.388. The van der Waals surface area contributed by atoms with Gasteiger partial charge in [-0.2, -0.15) is 0 Å². The van der Waals surface area contributed by atoms with Gasteiger partial charge in [-0.05, 0) is 36.2 Å². The van der Waals surface area contributed by atoms with Gasteiger partial charge in [-0.15, -0.1) is 0 Å². The number of aldehydes is 1. The number of halogens is 2. The Labute approximate surface area is 150 Å². The average molecular weight is 363 g/mol. The van der Waals surface area contributed by atoms with E-state index in [0.717, 1.165) is 11.8 Å². The van der Waals surface area contributed by atoms with E-state index < -0.39 is 5.41 Å². The Morgan fingerprint density at radius 1 is 1.21 bits per heavy atom. The van der Waals surface area contributed by atoms with Gasteiger partial charge in [0.1, 0.15) is 12.1 Å². The van der Waals surface area contributed by atoms with Crippen molar-refractivity contribution in [1.29, 1.82) is 0 Å². The van der Waals surface area contributed by atoms with E-state index in [4.69, 9.17) is 23.2 Å². The van der Waals surface area contributed by atoms with E-state index in [0.29, 0.717) is 41.7 Å². The number of nitrogens with zero attached hydrogens (tertiary/aromatic N) is 2. The molecule has 24 heavy (non-hydrogen) atoms. The number of pyridine rings is 1. The summed E-state index contributed by atoms with van der Waals surface area (Å²) in [7, 11) is 0. The van der Waals surface area contributed by atoms with Gasteiger partial charge >= 0.3 is 0 Å². The third-order valence-corrected chi connectivity index (χ3v) is 5.25. The van der Waals surface area contributed by atoms with E-state index in [-0.39, 0.29) is 5.91 Å². The Kier molecular flexibility index (Phi) is 4.88. The third kappa shape index (κ3) is 3.17. The van der Waals surface area contributed by atoms with Gasteiger partial charge in [-0.1, -0.05) is 35.3 Å². The lowest BCUT2D eigenvalue weighted by molar-refractivity contribution is -0.121. The third-order valence-electron chi connectivity index (χ3n) is 4.51. The Morgan fingerprint density at radius 2 is 2.04 bits per heavy atom. The highest BCUT2D eigenvalue weighted by atomic mass is 35.5. The normalized spacial score (nSPS) is 20.9. The zero-order chi connectivity index (χ0) is 17.2. The first kappa shape index (κ1) is 16.9. The molecule has 0 aliphatic carbocycles. The van der Waals surface area contributed by atoms with Crippen molar-refractivity contribution in [2.24, 2.45) is 0 Å². The summed E-state index contributed by atoms with van der Waals surface area (Å²) < 4.78 is 0. The van der Waals surface area contributed by atoms with Gasteiger partial charge in [0.25, 0.3) is 0 Å². The number of aromatic nitrogens is 1. The molecule has 0 saturated carbocycles. The number of piperidine rings is 1. The summed E-state index contributed by atoms with van der Waals surface area (Å²) >= 11 is 12.2. The number of carbonyl (C=O) groups is 2. The van der Waals surface area contributed by atoms with Crippen LogP contribution in [0.15, 0.2) is 42.6 Å². The van der Waals surface area contributed by atoms with Crippen molar-refractivity contribution < 1.29 is 9.59 Å². The average Bonchev–Trinajstić information content (AvgIpc) is 2.60. The molecular weight excluding hydrogens is 347 g/mol. The predicted molar refractivity (Wildman–Crippen MR) is 94.6 cm³/mol. The minimum atomic E-state index is -0.485. The van der Waals surface area contributed by atoms with Gasteiger partial charge in [0, 0.05) is 31.0 Å². The van der Waals surface area contributed by atoms with Crippen LogP contribution in [0.1, 0.15) is 24.8 Å². The predicted octanol–water partition coefficient (Wildman–Crippen LogP) is 4.04. The van der Waals surface area contributed by atoms with Crippen LogP contribution in [0.4, 0.5) is 5.82 Å². The Morgan fingerprint density at radius 3 is 2.71 bits per heavy atom. The first-order chi connectivity index (χ1) is 11.6. The molecule has 4 nitrogen and oxygen atoms in total. The summed E-state index contributed by atoms with van der Waals surface area (Å²) in [5.41, 5.74) is 0.430. The van der Waals surface area contributed by atoms with E-state index >= 15 is 0 Å². The standard InChI is InChI=1S/C18H16Cl2N2O2/c19-14-5-4-13(11-15(14)20)18(8-10-23)7-6-17(24)22(12-18)16-3-1-2-9-21-16/h1-5,9-11H,6-8,12H2/t18-/m1/s1. The molecule has 6 heteroatoms. The molecule has 1 aromatic heterocycles. The van der Waals surface area contributed by atoms with Crippen LogP contribution in [-0.4, -0.2) is 23.7 Å². The quantitative estimate of drug-likeness (QED) is 0.771. The topological polar surface area (TPSA) is 50.3 Å². The molecular formula is C18H16Cl2N2O2. The zero-order valence-electron chi connectivity index (χ0n) is 12.9. The highest BCUT2D eigenvalue weighted by Gasteiger charge is 2.41. The second-order valence-corrected chi connectivity index (χ2v) is 6.76. The number of hydrogen-bond donors (Lipinski definition) is 0. The lowest BCUT2D eigenvalue weighted by Crippen LogP contribution is -2.49. The van der Waals surface area contributed by atoms with Crippen LogP contribution in [0.3, 0.4) is 0 Å². The Hall–Kier alpha value is -1.91. The molecule has 2 heterocycles. The van der Waals surface area contributed by atoms with Crippen molar-refractivity contribution >= 4 is 41.2 Å². The molecule has 0 N–H and O–H groups in total. The fourth-order valence-corrected chi connectivity index (χ4v) is 3.48. The maximum absolute atomic E-state index is 12.4. The van der Waals surface area contributed by atoms with Gasteiger partial charge in [0.15, 0.2) is 0 Å². The van der Waals surface area contributed by atoms with E-state index in [1.54, 1.807) is 35.4 Å². The highest BCUT2D eigenvalue weighted by Crippen LogP contribution is 2.40. The summed E-state index contributed by atoms with van der Waals surface area (Å²) in [5.74, 6) is 0.604. The maximum atomic E-state index is 12.4. The maximum Gasteiger partial charge on any atom is 0.228 e. The first-order valence-corrected chi connectivity index (χ1v) is 8.42. The van der Waals surface area contributed by atoms with Crippen LogP contribution in [-0.2, 0) is 15.0 Å². The molecule has 0 spiro atoms.